The highest BCUT2D eigenvalue weighted by Crippen LogP contribution is 2.17. The van der Waals surface area contributed by atoms with Crippen molar-refractivity contribution in [2.75, 3.05) is 7.11 Å². The Labute approximate surface area is 146 Å². The minimum absolute atomic E-state index is 0.0400. The van der Waals surface area contributed by atoms with Crippen molar-refractivity contribution in [3.05, 3.63) is 69.6 Å². The summed E-state index contributed by atoms with van der Waals surface area (Å²) >= 11 is 1.30. The van der Waals surface area contributed by atoms with E-state index in [0.29, 0.717) is 4.96 Å². The second-order valence-electron chi connectivity index (χ2n) is 5.25. The van der Waals surface area contributed by atoms with E-state index in [0.717, 1.165) is 5.56 Å². The van der Waals surface area contributed by atoms with Gasteiger partial charge in [-0.1, -0.05) is 30.3 Å². The number of methoxy groups -OCH3 is 1. The van der Waals surface area contributed by atoms with Gasteiger partial charge in [-0.3, -0.25) is 18.8 Å². The Kier molecular flexibility index (Phi) is 4.90. The van der Waals surface area contributed by atoms with E-state index in [9.17, 15) is 14.4 Å². The Balaban J connectivity index is 1.90. The lowest BCUT2D eigenvalue weighted by atomic mass is 10.0. The maximum Gasteiger partial charge on any atom is 0.307 e. The minimum Gasteiger partial charge on any atom is -0.469 e. The summed E-state index contributed by atoms with van der Waals surface area (Å²) in [6.45, 7) is 0. The quantitative estimate of drug-likeness (QED) is 0.703. The van der Waals surface area contributed by atoms with Gasteiger partial charge in [0.2, 0.25) is 0 Å². The van der Waals surface area contributed by atoms with Crippen molar-refractivity contribution in [1.29, 1.82) is 0 Å². The molecule has 25 heavy (non-hydrogen) atoms. The molecule has 0 aliphatic carbocycles. The number of hydrogen-bond donors (Lipinski definition) is 1. The van der Waals surface area contributed by atoms with Gasteiger partial charge in [0, 0.05) is 17.8 Å². The van der Waals surface area contributed by atoms with Gasteiger partial charge in [-0.25, -0.2) is 4.98 Å². The molecule has 1 N–H and O–H groups in total. The zero-order chi connectivity index (χ0) is 17.8. The van der Waals surface area contributed by atoms with Crippen LogP contribution in [0.3, 0.4) is 0 Å². The van der Waals surface area contributed by atoms with Crippen LogP contribution in [0.15, 0.2) is 52.9 Å². The van der Waals surface area contributed by atoms with Crippen molar-refractivity contribution in [2.45, 2.75) is 12.5 Å². The van der Waals surface area contributed by atoms with Crippen LogP contribution in [-0.2, 0) is 9.53 Å². The highest BCUT2D eigenvalue weighted by Gasteiger charge is 2.22. The van der Waals surface area contributed by atoms with Gasteiger partial charge in [-0.15, -0.1) is 11.3 Å². The molecular formula is C17H15N3O4S. The molecule has 2 heterocycles. The van der Waals surface area contributed by atoms with Crippen LogP contribution in [0, 0.1) is 0 Å². The first kappa shape index (κ1) is 16.8. The van der Waals surface area contributed by atoms with Crippen molar-refractivity contribution < 1.29 is 14.3 Å². The maximum absolute atomic E-state index is 12.6. The molecule has 0 aliphatic rings. The Morgan fingerprint density at radius 3 is 2.80 bits per heavy atom. The summed E-state index contributed by atoms with van der Waals surface area (Å²) in [5, 5.41) is 4.44. The largest absolute Gasteiger partial charge is 0.469 e. The number of carbonyl (C=O) groups excluding carboxylic acids is 2. The molecule has 3 aromatic rings. The summed E-state index contributed by atoms with van der Waals surface area (Å²) in [6.07, 6.45) is 2.78. The predicted molar refractivity (Wildman–Crippen MR) is 92.6 cm³/mol. The number of nitrogens with zero attached hydrogens (tertiary/aromatic N) is 2. The molecule has 0 spiro atoms. The van der Waals surface area contributed by atoms with E-state index < -0.39 is 23.5 Å². The number of aromatic nitrogens is 2. The van der Waals surface area contributed by atoms with Gasteiger partial charge in [-0.05, 0) is 5.56 Å². The number of nitrogens with one attached hydrogen (secondary N) is 1. The highest BCUT2D eigenvalue weighted by atomic mass is 32.1. The smallest absolute Gasteiger partial charge is 0.307 e. The van der Waals surface area contributed by atoms with E-state index in [2.05, 4.69) is 10.3 Å². The molecule has 8 heteroatoms. The molecule has 0 unspecified atom stereocenters. The summed E-state index contributed by atoms with van der Waals surface area (Å²) in [5.74, 6) is -1.05. The standard InChI is InChI=1S/C17H15N3O4S/c1-24-14(21)9-13(11-5-3-2-4-6-11)19-15(22)12-10-18-17-20(16(12)23)7-8-25-17/h2-8,10,13H,9H2,1H3,(H,19,22)/t13-/m0/s1. The lowest BCUT2D eigenvalue weighted by Crippen LogP contribution is -2.35. The van der Waals surface area contributed by atoms with Crippen LogP contribution in [0.1, 0.15) is 28.4 Å². The molecule has 0 bridgehead atoms. The summed E-state index contributed by atoms with van der Waals surface area (Å²) in [5.41, 5.74) is 0.209. The molecule has 7 nitrogen and oxygen atoms in total. The third-order valence-corrected chi connectivity index (χ3v) is 4.46. The average Bonchev–Trinajstić information content (AvgIpc) is 3.11. The Morgan fingerprint density at radius 2 is 2.08 bits per heavy atom. The van der Waals surface area contributed by atoms with Gasteiger partial charge in [-0.2, -0.15) is 0 Å². The summed E-state index contributed by atoms with van der Waals surface area (Å²) in [7, 11) is 1.28. The van der Waals surface area contributed by atoms with E-state index in [1.165, 1.54) is 29.0 Å². The summed E-state index contributed by atoms with van der Waals surface area (Å²) in [6, 6.07) is 8.42. The zero-order valence-electron chi connectivity index (χ0n) is 13.3. The number of rotatable bonds is 5. The van der Waals surface area contributed by atoms with E-state index in [1.54, 1.807) is 35.8 Å². The maximum atomic E-state index is 12.6. The van der Waals surface area contributed by atoms with Crippen molar-refractivity contribution >= 4 is 28.2 Å². The zero-order valence-corrected chi connectivity index (χ0v) is 14.2. The van der Waals surface area contributed by atoms with Crippen LogP contribution in [-0.4, -0.2) is 28.4 Å². The van der Waals surface area contributed by atoms with Crippen LogP contribution >= 0.6 is 11.3 Å². The summed E-state index contributed by atoms with van der Waals surface area (Å²) < 4.78 is 6.01. The molecule has 1 amide bonds. The molecule has 3 rings (SSSR count). The minimum atomic E-state index is -0.608. The third-order valence-electron chi connectivity index (χ3n) is 3.69. The Bertz CT molecular complexity index is 965. The van der Waals surface area contributed by atoms with Crippen molar-refractivity contribution in [2.24, 2.45) is 0 Å². The van der Waals surface area contributed by atoms with Crippen LogP contribution in [0.2, 0.25) is 0 Å². The van der Waals surface area contributed by atoms with Crippen LogP contribution in [0.25, 0.3) is 4.96 Å². The number of hydrogen-bond acceptors (Lipinski definition) is 6. The van der Waals surface area contributed by atoms with E-state index in [1.807, 2.05) is 6.07 Å². The number of esters is 1. The van der Waals surface area contributed by atoms with Gasteiger partial charge in [0.15, 0.2) is 4.96 Å². The molecule has 0 aliphatic heterocycles. The van der Waals surface area contributed by atoms with Crippen LogP contribution in [0.4, 0.5) is 0 Å². The van der Waals surface area contributed by atoms with Gasteiger partial charge in [0.05, 0.1) is 19.6 Å². The third kappa shape index (κ3) is 3.58. The molecule has 2 aromatic heterocycles. The average molecular weight is 357 g/mol. The molecule has 0 saturated carbocycles. The van der Waals surface area contributed by atoms with Gasteiger partial charge in [0.25, 0.3) is 11.5 Å². The molecule has 1 aromatic carbocycles. The lowest BCUT2D eigenvalue weighted by Gasteiger charge is -2.18. The topological polar surface area (TPSA) is 89.8 Å². The molecule has 0 saturated heterocycles. The van der Waals surface area contributed by atoms with Gasteiger partial charge in [0.1, 0.15) is 5.56 Å². The fourth-order valence-corrected chi connectivity index (χ4v) is 3.08. The Morgan fingerprint density at radius 1 is 1.32 bits per heavy atom. The Hall–Kier alpha value is -3.00. The number of thiazole rings is 1. The predicted octanol–water partition coefficient (Wildman–Crippen LogP) is 1.79. The van der Waals surface area contributed by atoms with Crippen molar-refractivity contribution in [3.8, 4) is 0 Å². The molecular weight excluding hydrogens is 342 g/mol. The van der Waals surface area contributed by atoms with Gasteiger partial charge < -0.3 is 10.1 Å². The monoisotopic (exact) mass is 357 g/mol. The van der Waals surface area contributed by atoms with E-state index in [-0.39, 0.29) is 12.0 Å². The first-order valence-corrected chi connectivity index (χ1v) is 8.35. The fraction of sp³-hybridized carbons (Fsp3) is 0.176. The van der Waals surface area contributed by atoms with Crippen LogP contribution < -0.4 is 10.9 Å². The highest BCUT2D eigenvalue weighted by molar-refractivity contribution is 7.15. The normalized spacial score (nSPS) is 11.9. The van der Waals surface area contributed by atoms with Crippen molar-refractivity contribution in [3.63, 3.8) is 0 Å². The second-order valence-corrected chi connectivity index (χ2v) is 6.12. The number of fused-ring (bicyclic) bond motifs is 1. The first-order valence-electron chi connectivity index (χ1n) is 7.47. The fourth-order valence-electron chi connectivity index (χ4n) is 2.40. The number of benzene rings is 1. The molecule has 0 fully saturated rings. The first-order chi connectivity index (χ1) is 12.1. The van der Waals surface area contributed by atoms with E-state index >= 15 is 0 Å². The van der Waals surface area contributed by atoms with Crippen molar-refractivity contribution in [1.82, 2.24) is 14.7 Å². The number of amides is 1. The van der Waals surface area contributed by atoms with E-state index in [4.69, 9.17) is 4.74 Å². The molecule has 1 atom stereocenters. The number of ether oxygens (including phenoxy) is 1. The molecule has 0 radical (unpaired) electrons. The van der Waals surface area contributed by atoms with Gasteiger partial charge >= 0.3 is 5.97 Å². The lowest BCUT2D eigenvalue weighted by molar-refractivity contribution is -0.141. The second kappa shape index (κ2) is 7.27. The number of carbonyl (C=O) groups is 2. The summed E-state index contributed by atoms with van der Waals surface area (Å²) in [4.78, 5) is 41.3. The molecule has 128 valence electrons. The van der Waals surface area contributed by atoms with Crippen LogP contribution in [0.5, 0.6) is 0 Å². The SMILES string of the molecule is COC(=O)C[C@H](NC(=O)c1cnc2sccn2c1=O)c1ccccc1.